The van der Waals surface area contributed by atoms with E-state index in [1.807, 2.05) is 60.4 Å². The van der Waals surface area contributed by atoms with E-state index >= 15 is 0 Å². The highest BCUT2D eigenvalue weighted by Gasteiger charge is 2.21. The maximum Gasteiger partial charge on any atom is 0.227 e. The molecule has 0 aromatic heterocycles. The number of methoxy groups -OCH3 is 1. The largest absolute Gasteiger partial charge is 0.497 e. The minimum Gasteiger partial charge on any atom is -0.497 e. The predicted octanol–water partition coefficient (Wildman–Crippen LogP) is 2.95. The van der Waals surface area contributed by atoms with Crippen LogP contribution in [0.5, 0.6) is 11.5 Å². The first-order chi connectivity index (χ1) is 14.6. The van der Waals surface area contributed by atoms with E-state index in [0.29, 0.717) is 25.5 Å². The van der Waals surface area contributed by atoms with Gasteiger partial charge in [-0.05, 0) is 43.2 Å². The molecule has 2 aromatic carbocycles. The number of nitrogens with zero attached hydrogens (tertiary/aromatic N) is 2. The van der Waals surface area contributed by atoms with E-state index in [1.54, 1.807) is 14.2 Å². The molecular weight excluding hydrogens is 380 g/mol. The van der Waals surface area contributed by atoms with Crippen LogP contribution in [-0.2, 0) is 11.3 Å². The molecule has 0 radical (unpaired) electrons. The topological polar surface area (TPSA) is 75.2 Å². The van der Waals surface area contributed by atoms with Gasteiger partial charge in [0.25, 0.3) is 0 Å². The van der Waals surface area contributed by atoms with Crippen molar-refractivity contribution in [3.63, 3.8) is 0 Å². The minimum absolute atomic E-state index is 0.0482. The summed E-state index contributed by atoms with van der Waals surface area (Å²) >= 11 is 0. The number of hydrogen-bond donors (Lipinski definition) is 2. The molecule has 0 bridgehead atoms. The van der Waals surface area contributed by atoms with E-state index in [-0.39, 0.29) is 12.0 Å². The summed E-state index contributed by atoms with van der Waals surface area (Å²) in [6.07, 6.45) is 1.53. The van der Waals surface area contributed by atoms with Gasteiger partial charge < -0.3 is 25.0 Å². The summed E-state index contributed by atoms with van der Waals surface area (Å²) in [6, 6.07) is 15.6. The van der Waals surface area contributed by atoms with Crippen molar-refractivity contribution in [2.75, 3.05) is 32.1 Å². The van der Waals surface area contributed by atoms with Crippen LogP contribution < -0.4 is 25.0 Å². The molecule has 3 rings (SSSR count). The zero-order valence-corrected chi connectivity index (χ0v) is 17.9. The Morgan fingerprint density at radius 2 is 1.93 bits per heavy atom. The zero-order chi connectivity index (χ0) is 21.3. The number of rotatable bonds is 8. The molecule has 1 unspecified atom stereocenters. The number of carbonyl (C=O) groups excluding carboxylic acids is 1. The summed E-state index contributed by atoms with van der Waals surface area (Å²) in [6.45, 7) is 4.05. The summed E-state index contributed by atoms with van der Waals surface area (Å²) < 4.78 is 11.2. The summed E-state index contributed by atoms with van der Waals surface area (Å²) in [5.41, 5.74) is 2.08. The molecule has 1 atom stereocenters. The molecule has 2 N–H and O–H groups in total. The van der Waals surface area contributed by atoms with Gasteiger partial charge in [0.2, 0.25) is 5.91 Å². The minimum atomic E-state index is -0.0482. The third kappa shape index (κ3) is 5.89. The SMILES string of the molecule is CN=C(NCc1ccc(N2CCCC2=O)cc1)NCC(C)Oc1cccc(OC)c1. The first-order valence-electron chi connectivity index (χ1n) is 10.2. The molecule has 0 saturated carbocycles. The quantitative estimate of drug-likeness (QED) is 0.517. The molecule has 30 heavy (non-hydrogen) atoms. The number of aliphatic imine (C=N–C) groups is 1. The van der Waals surface area contributed by atoms with Gasteiger partial charge in [-0.25, -0.2) is 0 Å². The second-order valence-corrected chi connectivity index (χ2v) is 7.23. The number of carbonyl (C=O) groups is 1. The normalized spacial score (nSPS) is 15.1. The van der Waals surface area contributed by atoms with Gasteiger partial charge in [-0.2, -0.15) is 0 Å². The van der Waals surface area contributed by atoms with Crippen LogP contribution in [0.4, 0.5) is 5.69 Å². The summed E-state index contributed by atoms with van der Waals surface area (Å²) in [7, 11) is 3.38. The standard InChI is InChI=1S/C23H30N4O3/c1-17(30-21-7-4-6-20(14-21)29-3)15-25-23(24-2)26-16-18-9-11-19(12-10-18)27-13-5-8-22(27)28/h4,6-7,9-12,14,17H,5,8,13,15-16H2,1-3H3,(H2,24,25,26). The Kier molecular flexibility index (Phi) is 7.54. The average Bonchev–Trinajstić information content (AvgIpc) is 3.20. The van der Waals surface area contributed by atoms with Gasteiger partial charge in [-0.15, -0.1) is 0 Å². The number of amides is 1. The van der Waals surface area contributed by atoms with Crippen molar-refractivity contribution in [3.05, 3.63) is 54.1 Å². The number of nitrogens with one attached hydrogen (secondary N) is 2. The van der Waals surface area contributed by atoms with Crippen molar-refractivity contribution in [1.29, 1.82) is 0 Å². The van der Waals surface area contributed by atoms with Crippen molar-refractivity contribution in [2.45, 2.75) is 32.4 Å². The van der Waals surface area contributed by atoms with E-state index in [4.69, 9.17) is 9.47 Å². The molecule has 1 amide bonds. The van der Waals surface area contributed by atoms with E-state index in [2.05, 4.69) is 15.6 Å². The van der Waals surface area contributed by atoms with Gasteiger partial charge in [0.05, 0.1) is 13.7 Å². The summed E-state index contributed by atoms with van der Waals surface area (Å²) in [4.78, 5) is 18.0. The molecular formula is C23H30N4O3. The molecule has 1 aliphatic heterocycles. The van der Waals surface area contributed by atoms with Crippen LogP contribution in [0.3, 0.4) is 0 Å². The van der Waals surface area contributed by atoms with Gasteiger partial charge in [-0.1, -0.05) is 18.2 Å². The maximum absolute atomic E-state index is 11.9. The van der Waals surface area contributed by atoms with Crippen molar-refractivity contribution in [1.82, 2.24) is 10.6 Å². The molecule has 1 aliphatic rings. The first-order valence-corrected chi connectivity index (χ1v) is 10.2. The van der Waals surface area contributed by atoms with E-state index in [0.717, 1.165) is 35.7 Å². The lowest BCUT2D eigenvalue weighted by Gasteiger charge is -2.18. The van der Waals surface area contributed by atoms with Gasteiger partial charge in [0.1, 0.15) is 17.6 Å². The number of guanidine groups is 1. The van der Waals surface area contributed by atoms with Gasteiger partial charge in [0, 0.05) is 38.3 Å². The molecule has 1 fully saturated rings. The van der Waals surface area contributed by atoms with Crippen LogP contribution in [-0.4, -0.2) is 45.2 Å². The van der Waals surface area contributed by atoms with E-state index in [9.17, 15) is 4.79 Å². The highest BCUT2D eigenvalue weighted by atomic mass is 16.5. The van der Waals surface area contributed by atoms with Crippen molar-refractivity contribution in [3.8, 4) is 11.5 Å². The van der Waals surface area contributed by atoms with Crippen LogP contribution in [0.25, 0.3) is 0 Å². The molecule has 0 aliphatic carbocycles. The lowest BCUT2D eigenvalue weighted by atomic mass is 10.2. The number of hydrogen-bond acceptors (Lipinski definition) is 4. The highest BCUT2D eigenvalue weighted by molar-refractivity contribution is 5.95. The number of benzene rings is 2. The lowest BCUT2D eigenvalue weighted by molar-refractivity contribution is -0.117. The van der Waals surface area contributed by atoms with Gasteiger partial charge in [0.15, 0.2) is 5.96 Å². The van der Waals surface area contributed by atoms with Crippen LogP contribution in [0.1, 0.15) is 25.3 Å². The fraction of sp³-hybridized carbons (Fsp3) is 0.391. The third-order valence-corrected chi connectivity index (χ3v) is 4.94. The number of ether oxygens (including phenoxy) is 2. The van der Waals surface area contributed by atoms with Crippen molar-refractivity contribution in [2.24, 2.45) is 4.99 Å². The predicted molar refractivity (Wildman–Crippen MR) is 119 cm³/mol. The number of anilines is 1. The Hall–Kier alpha value is -3.22. The highest BCUT2D eigenvalue weighted by Crippen LogP contribution is 2.22. The third-order valence-electron chi connectivity index (χ3n) is 4.94. The zero-order valence-electron chi connectivity index (χ0n) is 17.9. The van der Waals surface area contributed by atoms with Crippen molar-refractivity contribution >= 4 is 17.6 Å². The Labute approximate surface area is 178 Å². The van der Waals surface area contributed by atoms with Crippen LogP contribution in [0.15, 0.2) is 53.5 Å². The Bertz CT molecular complexity index is 867. The van der Waals surface area contributed by atoms with Crippen molar-refractivity contribution < 1.29 is 14.3 Å². The Balaban J connectivity index is 1.44. The Morgan fingerprint density at radius 3 is 2.60 bits per heavy atom. The summed E-state index contributed by atoms with van der Waals surface area (Å²) in [5, 5.41) is 6.58. The summed E-state index contributed by atoms with van der Waals surface area (Å²) in [5.74, 6) is 2.44. The molecule has 1 heterocycles. The van der Waals surface area contributed by atoms with E-state index in [1.165, 1.54) is 0 Å². The van der Waals surface area contributed by atoms with Crippen LogP contribution in [0.2, 0.25) is 0 Å². The molecule has 160 valence electrons. The second kappa shape index (κ2) is 10.5. The van der Waals surface area contributed by atoms with Crippen LogP contribution in [0, 0.1) is 0 Å². The fourth-order valence-corrected chi connectivity index (χ4v) is 3.31. The Morgan fingerprint density at radius 1 is 1.17 bits per heavy atom. The molecule has 1 saturated heterocycles. The van der Waals surface area contributed by atoms with E-state index < -0.39 is 0 Å². The average molecular weight is 411 g/mol. The maximum atomic E-state index is 11.9. The second-order valence-electron chi connectivity index (χ2n) is 7.23. The lowest BCUT2D eigenvalue weighted by Crippen LogP contribution is -2.41. The van der Waals surface area contributed by atoms with Gasteiger partial charge >= 0.3 is 0 Å². The molecule has 2 aromatic rings. The molecule has 0 spiro atoms. The monoisotopic (exact) mass is 410 g/mol. The van der Waals surface area contributed by atoms with Crippen LogP contribution >= 0.6 is 0 Å². The fourth-order valence-electron chi connectivity index (χ4n) is 3.31. The smallest absolute Gasteiger partial charge is 0.227 e. The first kappa shape index (κ1) is 21.5. The molecule has 7 nitrogen and oxygen atoms in total. The van der Waals surface area contributed by atoms with Gasteiger partial charge in [-0.3, -0.25) is 9.79 Å². The molecule has 7 heteroatoms.